The van der Waals surface area contributed by atoms with Crippen LogP contribution in [0.3, 0.4) is 0 Å². The van der Waals surface area contributed by atoms with E-state index in [-0.39, 0.29) is 17.9 Å². The minimum atomic E-state index is -2.90. The molecule has 0 aliphatic carbocycles. The van der Waals surface area contributed by atoms with Gasteiger partial charge in [-0.3, -0.25) is 0 Å². The molecule has 8 heteroatoms. The summed E-state index contributed by atoms with van der Waals surface area (Å²) in [5.74, 6) is 1.18. The first-order chi connectivity index (χ1) is 11.8. The Morgan fingerprint density at radius 1 is 1.24 bits per heavy atom. The Morgan fingerprint density at radius 3 is 2.52 bits per heavy atom. The van der Waals surface area contributed by atoms with E-state index in [0.29, 0.717) is 30.4 Å². The second-order valence-corrected chi connectivity index (χ2v) is 5.86. The molecule has 0 spiro atoms. The van der Waals surface area contributed by atoms with Gasteiger partial charge < -0.3 is 24.8 Å². The van der Waals surface area contributed by atoms with Crippen molar-refractivity contribution in [2.24, 2.45) is 4.99 Å². The van der Waals surface area contributed by atoms with Crippen LogP contribution in [0.15, 0.2) is 23.2 Å². The number of hydrogen-bond donors (Lipinski definition) is 2. The molecule has 2 N–H and O–H groups in total. The zero-order chi connectivity index (χ0) is 18.9. The SMILES string of the molecule is CCNC(=NCc1cc(OC)ccc1OC(F)F)NCC(C)(C)OC. The van der Waals surface area contributed by atoms with E-state index in [2.05, 4.69) is 20.4 Å². The summed E-state index contributed by atoms with van der Waals surface area (Å²) in [7, 11) is 3.14. The van der Waals surface area contributed by atoms with Crippen molar-refractivity contribution in [3.63, 3.8) is 0 Å². The highest BCUT2D eigenvalue weighted by molar-refractivity contribution is 5.79. The molecule has 0 amide bonds. The Balaban J connectivity index is 2.92. The van der Waals surface area contributed by atoms with Crippen LogP contribution in [0, 0.1) is 0 Å². The molecule has 1 aromatic rings. The average Bonchev–Trinajstić information content (AvgIpc) is 2.58. The lowest BCUT2D eigenvalue weighted by molar-refractivity contribution is -0.0504. The van der Waals surface area contributed by atoms with Gasteiger partial charge >= 0.3 is 6.61 Å². The monoisotopic (exact) mass is 359 g/mol. The van der Waals surface area contributed by atoms with Crippen molar-refractivity contribution in [3.8, 4) is 11.5 Å². The molecule has 6 nitrogen and oxygen atoms in total. The van der Waals surface area contributed by atoms with E-state index in [1.165, 1.54) is 13.2 Å². The fourth-order valence-corrected chi connectivity index (χ4v) is 1.89. The first kappa shape index (κ1) is 21.0. The van der Waals surface area contributed by atoms with Crippen molar-refractivity contribution in [1.82, 2.24) is 10.6 Å². The maximum Gasteiger partial charge on any atom is 0.387 e. The quantitative estimate of drug-likeness (QED) is 0.524. The number of guanidine groups is 1. The van der Waals surface area contributed by atoms with Crippen LogP contribution in [0.1, 0.15) is 26.3 Å². The van der Waals surface area contributed by atoms with E-state index in [4.69, 9.17) is 9.47 Å². The molecule has 1 rings (SSSR count). The molecule has 0 saturated carbocycles. The highest BCUT2D eigenvalue weighted by atomic mass is 19.3. The largest absolute Gasteiger partial charge is 0.497 e. The normalized spacial score (nSPS) is 12.2. The third kappa shape index (κ3) is 7.55. The third-order valence-corrected chi connectivity index (χ3v) is 3.47. The maximum absolute atomic E-state index is 12.6. The summed E-state index contributed by atoms with van der Waals surface area (Å²) in [5.41, 5.74) is 0.138. The van der Waals surface area contributed by atoms with E-state index in [1.807, 2.05) is 20.8 Å². The number of ether oxygens (including phenoxy) is 3. The fourth-order valence-electron chi connectivity index (χ4n) is 1.89. The molecule has 0 bridgehead atoms. The lowest BCUT2D eigenvalue weighted by Crippen LogP contribution is -2.45. The molecule has 0 atom stereocenters. The topological polar surface area (TPSA) is 64.1 Å². The minimum Gasteiger partial charge on any atom is -0.497 e. The number of alkyl halides is 2. The van der Waals surface area contributed by atoms with Gasteiger partial charge in [0.1, 0.15) is 11.5 Å². The number of rotatable bonds is 9. The Kier molecular flexibility index (Phi) is 8.40. The van der Waals surface area contributed by atoms with Crippen molar-refractivity contribution < 1.29 is 23.0 Å². The van der Waals surface area contributed by atoms with E-state index in [9.17, 15) is 8.78 Å². The van der Waals surface area contributed by atoms with Crippen LogP contribution in [0.4, 0.5) is 8.78 Å². The van der Waals surface area contributed by atoms with Crippen molar-refractivity contribution >= 4 is 5.96 Å². The predicted molar refractivity (Wildman–Crippen MR) is 93.5 cm³/mol. The average molecular weight is 359 g/mol. The number of halogens is 2. The van der Waals surface area contributed by atoms with Crippen LogP contribution in [0.2, 0.25) is 0 Å². The Morgan fingerprint density at radius 2 is 1.96 bits per heavy atom. The summed E-state index contributed by atoms with van der Waals surface area (Å²) >= 11 is 0. The molecule has 0 saturated heterocycles. The smallest absolute Gasteiger partial charge is 0.387 e. The predicted octanol–water partition coefficient (Wildman–Crippen LogP) is 2.78. The summed E-state index contributed by atoms with van der Waals surface area (Å²) in [6, 6.07) is 4.64. The van der Waals surface area contributed by atoms with Gasteiger partial charge in [0, 0.05) is 25.8 Å². The van der Waals surface area contributed by atoms with Gasteiger partial charge in [0.15, 0.2) is 5.96 Å². The van der Waals surface area contributed by atoms with Crippen LogP contribution < -0.4 is 20.1 Å². The van der Waals surface area contributed by atoms with Crippen molar-refractivity contribution in [2.75, 3.05) is 27.3 Å². The number of nitrogens with one attached hydrogen (secondary N) is 2. The van der Waals surface area contributed by atoms with Gasteiger partial charge in [0.2, 0.25) is 0 Å². The molecule has 0 fully saturated rings. The summed E-state index contributed by atoms with van der Waals surface area (Å²) in [6.07, 6.45) is 0. The second-order valence-electron chi connectivity index (χ2n) is 5.86. The van der Waals surface area contributed by atoms with Gasteiger partial charge in [-0.1, -0.05) is 0 Å². The zero-order valence-electron chi connectivity index (χ0n) is 15.4. The number of methoxy groups -OCH3 is 2. The van der Waals surface area contributed by atoms with Crippen molar-refractivity contribution in [2.45, 2.75) is 39.5 Å². The van der Waals surface area contributed by atoms with E-state index >= 15 is 0 Å². The summed E-state index contributed by atoms with van der Waals surface area (Å²) < 4.78 is 40.2. The molecule has 0 heterocycles. The van der Waals surface area contributed by atoms with Crippen LogP contribution in [-0.4, -0.2) is 45.5 Å². The molecule has 25 heavy (non-hydrogen) atoms. The first-order valence-electron chi connectivity index (χ1n) is 8.00. The van der Waals surface area contributed by atoms with Gasteiger partial charge in [-0.05, 0) is 39.0 Å². The molecule has 0 aromatic heterocycles. The molecule has 142 valence electrons. The lowest BCUT2D eigenvalue weighted by Gasteiger charge is -2.24. The first-order valence-corrected chi connectivity index (χ1v) is 8.00. The van der Waals surface area contributed by atoms with Crippen LogP contribution in [0.25, 0.3) is 0 Å². The summed E-state index contributed by atoms with van der Waals surface area (Å²) in [6.45, 7) is 4.29. The highest BCUT2D eigenvalue weighted by Crippen LogP contribution is 2.26. The lowest BCUT2D eigenvalue weighted by atomic mass is 10.1. The van der Waals surface area contributed by atoms with Gasteiger partial charge in [0.25, 0.3) is 0 Å². The maximum atomic E-state index is 12.6. The van der Waals surface area contributed by atoms with Gasteiger partial charge in [-0.2, -0.15) is 8.78 Å². The highest BCUT2D eigenvalue weighted by Gasteiger charge is 2.17. The summed E-state index contributed by atoms with van der Waals surface area (Å²) in [4.78, 5) is 4.42. The van der Waals surface area contributed by atoms with Crippen molar-refractivity contribution in [3.05, 3.63) is 23.8 Å². The number of aliphatic imine (C=N–C) groups is 1. The fraction of sp³-hybridized carbons (Fsp3) is 0.588. The van der Waals surface area contributed by atoms with E-state index < -0.39 is 6.61 Å². The molecular formula is C17H27F2N3O3. The Labute approximate surface area is 147 Å². The van der Waals surface area contributed by atoms with E-state index in [1.54, 1.807) is 19.2 Å². The van der Waals surface area contributed by atoms with Gasteiger partial charge in [0.05, 0.1) is 19.3 Å². The van der Waals surface area contributed by atoms with Crippen molar-refractivity contribution in [1.29, 1.82) is 0 Å². The van der Waals surface area contributed by atoms with Gasteiger partial charge in [-0.25, -0.2) is 4.99 Å². The number of benzene rings is 1. The molecule has 0 aliphatic heterocycles. The van der Waals surface area contributed by atoms with E-state index in [0.717, 1.165) is 0 Å². The minimum absolute atomic E-state index is 0.0765. The number of nitrogens with zero attached hydrogens (tertiary/aromatic N) is 1. The standard InChI is InChI=1S/C17H27F2N3O3/c1-6-20-16(22-11-17(2,3)24-5)21-10-12-9-13(23-4)7-8-14(12)25-15(18)19/h7-9,15H,6,10-11H2,1-5H3,(H2,20,21,22). The van der Waals surface area contributed by atoms with Gasteiger partial charge in [-0.15, -0.1) is 0 Å². The Bertz CT molecular complexity index is 566. The molecule has 0 unspecified atom stereocenters. The summed E-state index contributed by atoms with van der Waals surface area (Å²) in [5, 5.41) is 6.27. The van der Waals surface area contributed by atoms with Crippen LogP contribution in [0.5, 0.6) is 11.5 Å². The van der Waals surface area contributed by atoms with Crippen LogP contribution in [-0.2, 0) is 11.3 Å². The Hall–Kier alpha value is -2.09. The molecule has 1 aromatic carbocycles. The molecule has 0 aliphatic rings. The van der Waals surface area contributed by atoms with Crippen LogP contribution >= 0.6 is 0 Å². The second kappa shape index (κ2) is 10.0. The number of hydrogen-bond acceptors (Lipinski definition) is 4. The molecular weight excluding hydrogens is 332 g/mol. The molecule has 0 radical (unpaired) electrons. The third-order valence-electron chi connectivity index (χ3n) is 3.47. The zero-order valence-corrected chi connectivity index (χ0v) is 15.4.